The van der Waals surface area contributed by atoms with Crippen LogP contribution in [0.5, 0.6) is 0 Å². The second-order valence-corrected chi connectivity index (χ2v) is 3.20. The maximum atomic E-state index is 5.34. The minimum absolute atomic E-state index is 0.197. The van der Waals surface area contributed by atoms with Crippen molar-refractivity contribution in [3.8, 4) is 0 Å². The van der Waals surface area contributed by atoms with E-state index in [4.69, 9.17) is 4.74 Å². The largest absolute Gasteiger partial charge is 0.382 e. The van der Waals surface area contributed by atoms with Crippen LogP contribution in [0.3, 0.4) is 0 Å². The molecular formula is C11H19N3O. The Morgan fingerprint density at radius 2 is 2.07 bits per heavy atom. The summed E-state index contributed by atoms with van der Waals surface area (Å²) in [5.74, 6) is 0.846. The fourth-order valence-electron chi connectivity index (χ4n) is 1.40. The Bertz CT molecular complexity index is 253. The Balaban J connectivity index is 2.50. The van der Waals surface area contributed by atoms with Crippen molar-refractivity contribution in [3.63, 3.8) is 0 Å². The Morgan fingerprint density at radius 1 is 1.33 bits per heavy atom. The molecule has 4 nitrogen and oxygen atoms in total. The minimum Gasteiger partial charge on any atom is -0.382 e. The van der Waals surface area contributed by atoms with Crippen LogP contribution in [-0.2, 0) is 4.74 Å². The third-order valence-corrected chi connectivity index (χ3v) is 2.10. The summed E-state index contributed by atoms with van der Waals surface area (Å²) in [6.45, 7) is 6.49. The third-order valence-electron chi connectivity index (χ3n) is 2.10. The zero-order valence-electron chi connectivity index (χ0n) is 9.44. The van der Waals surface area contributed by atoms with E-state index in [0.717, 1.165) is 32.0 Å². The second kappa shape index (κ2) is 7.31. The molecule has 0 radical (unpaired) electrons. The van der Waals surface area contributed by atoms with Crippen LogP contribution >= 0.6 is 0 Å². The van der Waals surface area contributed by atoms with E-state index in [1.165, 1.54) is 0 Å². The number of hydrogen-bond donors (Lipinski definition) is 1. The number of aromatic nitrogens is 2. The molecule has 0 aliphatic heterocycles. The van der Waals surface area contributed by atoms with Crippen molar-refractivity contribution in [2.75, 3.05) is 19.8 Å². The summed E-state index contributed by atoms with van der Waals surface area (Å²) in [6, 6.07) is 2.03. The highest BCUT2D eigenvalue weighted by molar-refractivity contribution is 4.95. The quantitative estimate of drug-likeness (QED) is 0.692. The molecular weight excluding hydrogens is 190 g/mol. The molecule has 1 atom stereocenters. The van der Waals surface area contributed by atoms with E-state index in [-0.39, 0.29) is 6.04 Å². The van der Waals surface area contributed by atoms with Gasteiger partial charge in [-0.3, -0.25) is 0 Å². The van der Waals surface area contributed by atoms with Crippen molar-refractivity contribution in [2.24, 2.45) is 0 Å². The van der Waals surface area contributed by atoms with E-state index < -0.39 is 0 Å². The van der Waals surface area contributed by atoms with Crippen molar-refractivity contribution in [1.82, 2.24) is 15.3 Å². The maximum Gasteiger partial charge on any atom is 0.145 e. The fourth-order valence-corrected chi connectivity index (χ4v) is 1.40. The minimum atomic E-state index is 0.197. The van der Waals surface area contributed by atoms with E-state index in [1.54, 1.807) is 12.4 Å². The van der Waals surface area contributed by atoms with Crippen LogP contribution in [0.4, 0.5) is 0 Å². The van der Waals surface area contributed by atoms with Gasteiger partial charge in [0.25, 0.3) is 0 Å². The molecule has 1 aromatic rings. The van der Waals surface area contributed by atoms with Gasteiger partial charge in [0, 0.05) is 25.6 Å². The van der Waals surface area contributed by atoms with Gasteiger partial charge >= 0.3 is 0 Å². The first kappa shape index (κ1) is 12.1. The summed E-state index contributed by atoms with van der Waals surface area (Å²) in [4.78, 5) is 8.49. The average molecular weight is 209 g/mol. The van der Waals surface area contributed by atoms with E-state index in [9.17, 15) is 0 Å². The molecule has 0 fully saturated rings. The second-order valence-electron chi connectivity index (χ2n) is 3.20. The highest BCUT2D eigenvalue weighted by Gasteiger charge is 2.11. The molecule has 1 unspecified atom stereocenters. The highest BCUT2D eigenvalue weighted by Crippen LogP contribution is 2.10. The van der Waals surface area contributed by atoms with Crippen LogP contribution in [0.2, 0.25) is 0 Å². The molecule has 1 aromatic heterocycles. The van der Waals surface area contributed by atoms with Crippen molar-refractivity contribution >= 4 is 0 Å². The molecule has 0 spiro atoms. The predicted molar refractivity (Wildman–Crippen MR) is 59.6 cm³/mol. The topological polar surface area (TPSA) is 47.0 Å². The average Bonchev–Trinajstić information content (AvgIpc) is 2.29. The van der Waals surface area contributed by atoms with Gasteiger partial charge in [-0.15, -0.1) is 0 Å². The lowest BCUT2D eigenvalue weighted by Gasteiger charge is -2.15. The first-order chi connectivity index (χ1) is 7.38. The van der Waals surface area contributed by atoms with E-state index in [2.05, 4.69) is 22.2 Å². The van der Waals surface area contributed by atoms with Crippen LogP contribution in [0.1, 0.15) is 32.1 Å². The van der Waals surface area contributed by atoms with Gasteiger partial charge in [-0.1, -0.05) is 6.92 Å². The highest BCUT2D eigenvalue weighted by atomic mass is 16.5. The normalized spacial score (nSPS) is 12.7. The molecule has 0 amide bonds. The number of nitrogens with zero attached hydrogens (tertiary/aromatic N) is 2. The Kier molecular flexibility index (Phi) is 5.88. The molecule has 0 aromatic carbocycles. The van der Waals surface area contributed by atoms with Crippen molar-refractivity contribution in [3.05, 3.63) is 24.3 Å². The van der Waals surface area contributed by atoms with E-state index in [1.807, 2.05) is 13.0 Å². The Labute approximate surface area is 91.1 Å². The van der Waals surface area contributed by atoms with Crippen LogP contribution in [0, 0.1) is 0 Å². The summed E-state index contributed by atoms with van der Waals surface area (Å²) in [5.41, 5.74) is 0. The molecule has 1 rings (SSSR count). The molecule has 1 heterocycles. The summed E-state index contributed by atoms with van der Waals surface area (Å²) in [6.07, 6.45) is 4.45. The van der Waals surface area contributed by atoms with E-state index in [0.29, 0.717) is 0 Å². The van der Waals surface area contributed by atoms with Crippen molar-refractivity contribution < 1.29 is 4.74 Å². The van der Waals surface area contributed by atoms with Gasteiger partial charge in [-0.25, -0.2) is 9.97 Å². The molecule has 0 aliphatic rings. The summed E-state index contributed by atoms with van der Waals surface area (Å²) < 4.78 is 5.34. The number of rotatable bonds is 7. The monoisotopic (exact) mass is 209 g/mol. The summed E-state index contributed by atoms with van der Waals surface area (Å²) in [7, 11) is 0. The summed E-state index contributed by atoms with van der Waals surface area (Å²) in [5, 5.41) is 3.35. The zero-order chi connectivity index (χ0) is 10.9. The smallest absolute Gasteiger partial charge is 0.145 e. The molecule has 15 heavy (non-hydrogen) atoms. The molecule has 0 saturated heterocycles. The van der Waals surface area contributed by atoms with E-state index >= 15 is 0 Å². The number of nitrogens with one attached hydrogen (secondary N) is 1. The van der Waals surface area contributed by atoms with Gasteiger partial charge in [0.15, 0.2) is 0 Å². The van der Waals surface area contributed by atoms with Gasteiger partial charge in [-0.05, 0) is 26.0 Å². The van der Waals surface area contributed by atoms with Crippen LogP contribution in [-0.4, -0.2) is 29.7 Å². The number of ether oxygens (including phenoxy) is 1. The zero-order valence-corrected chi connectivity index (χ0v) is 9.44. The Hall–Kier alpha value is -1.00. The van der Waals surface area contributed by atoms with Crippen molar-refractivity contribution in [1.29, 1.82) is 0 Å². The van der Waals surface area contributed by atoms with Crippen LogP contribution in [0.15, 0.2) is 18.5 Å². The van der Waals surface area contributed by atoms with Gasteiger partial charge < -0.3 is 10.1 Å². The fraction of sp³-hybridized carbons (Fsp3) is 0.636. The molecule has 1 N–H and O–H groups in total. The molecule has 0 bridgehead atoms. The third kappa shape index (κ3) is 4.36. The summed E-state index contributed by atoms with van der Waals surface area (Å²) >= 11 is 0. The maximum absolute atomic E-state index is 5.34. The standard InChI is InChI=1S/C11H19N3O/c1-3-12-10(6-9-15-4-2)11-13-7-5-8-14-11/h5,7-8,10,12H,3-4,6,9H2,1-2H3. The van der Waals surface area contributed by atoms with Gasteiger partial charge in [0.2, 0.25) is 0 Å². The molecule has 0 saturated carbocycles. The Morgan fingerprint density at radius 3 is 2.67 bits per heavy atom. The lowest BCUT2D eigenvalue weighted by molar-refractivity contribution is 0.135. The lowest BCUT2D eigenvalue weighted by atomic mass is 10.2. The lowest BCUT2D eigenvalue weighted by Crippen LogP contribution is -2.24. The SMILES string of the molecule is CCNC(CCOCC)c1ncccn1. The molecule has 4 heteroatoms. The van der Waals surface area contributed by atoms with Crippen LogP contribution < -0.4 is 5.32 Å². The van der Waals surface area contributed by atoms with Crippen LogP contribution in [0.25, 0.3) is 0 Å². The van der Waals surface area contributed by atoms with Gasteiger partial charge in [0.1, 0.15) is 5.82 Å². The van der Waals surface area contributed by atoms with Crippen molar-refractivity contribution in [2.45, 2.75) is 26.3 Å². The molecule has 0 aliphatic carbocycles. The predicted octanol–water partition coefficient (Wildman–Crippen LogP) is 1.55. The van der Waals surface area contributed by atoms with Gasteiger partial charge in [-0.2, -0.15) is 0 Å². The molecule has 84 valence electrons. The first-order valence-electron chi connectivity index (χ1n) is 5.46. The first-order valence-corrected chi connectivity index (χ1v) is 5.46. The number of hydrogen-bond acceptors (Lipinski definition) is 4. The van der Waals surface area contributed by atoms with Gasteiger partial charge in [0.05, 0.1) is 6.04 Å².